The molecule has 3 aromatic carbocycles. The van der Waals surface area contributed by atoms with Gasteiger partial charge in [-0.15, -0.1) is 0 Å². The minimum absolute atomic E-state index is 0.157. The van der Waals surface area contributed by atoms with Crippen LogP contribution in [0, 0.1) is 19.7 Å². The van der Waals surface area contributed by atoms with E-state index >= 15 is 0 Å². The Morgan fingerprint density at radius 1 is 0.917 bits per heavy atom. The summed E-state index contributed by atoms with van der Waals surface area (Å²) in [6.45, 7) is 4.51. The van der Waals surface area contributed by atoms with Gasteiger partial charge < -0.3 is 14.2 Å². The lowest BCUT2D eigenvalue weighted by molar-refractivity contribution is -0.123. The normalized spacial score (nSPS) is 14.4. The van der Waals surface area contributed by atoms with E-state index in [1.807, 2.05) is 32.0 Å². The highest BCUT2D eigenvalue weighted by molar-refractivity contribution is 8.18. The van der Waals surface area contributed by atoms with E-state index in [1.165, 1.54) is 24.1 Å². The summed E-state index contributed by atoms with van der Waals surface area (Å²) in [6, 6.07) is 17.2. The predicted molar refractivity (Wildman–Crippen MR) is 138 cm³/mol. The highest BCUT2D eigenvalue weighted by atomic mass is 32.2. The molecule has 0 aromatic heterocycles. The Morgan fingerprint density at radius 2 is 1.69 bits per heavy atom. The van der Waals surface area contributed by atoms with Gasteiger partial charge in [-0.1, -0.05) is 30.3 Å². The van der Waals surface area contributed by atoms with Crippen molar-refractivity contribution in [2.24, 2.45) is 0 Å². The van der Waals surface area contributed by atoms with Crippen molar-refractivity contribution in [2.75, 3.05) is 20.3 Å². The summed E-state index contributed by atoms with van der Waals surface area (Å²) in [7, 11) is 1.53. The maximum Gasteiger partial charge on any atom is 0.293 e. The molecule has 0 unspecified atom stereocenters. The van der Waals surface area contributed by atoms with Crippen molar-refractivity contribution in [3.05, 3.63) is 93.6 Å². The number of hydrogen-bond donors (Lipinski definition) is 0. The van der Waals surface area contributed by atoms with Gasteiger partial charge in [-0.3, -0.25) is 14.5 Å². The van der Waals surface area contributed by atoms with Crippen LogP contribution in [0.2, 0.25) is 0 Å². The molecule has 1 fully saturated rings. The van der Waals surface area contributed by atoms with E-state index in [9.17, 15) is 14.0 Å². The van der Waals surface area contributed by atoms with Crippen LogP contribution in [0.15, 0.2) is 65.6 Å². The zero-order valence-corrected chi connectivity index (χ0v) is 21.1. The number of methoxy groups -OCH3 is 1. The molecular weight excluding hydrogens is 481 g/mol. The maximum absolute atomic E-state index is 13.1. The van der Waals surface area contributed by atoms with E-state index in [0.717, 1.165) is 34.2 Å². The second kappa shape index (κ2) is 11.3. The average Bonchev–Trinajstić information content (AvgIpc) is 3.13. The number of imide groups is 1. The Labute approximate surface area is 213 Å². The number of aryl methyl sites for hydroxylation is 2. The van der Waals surface area contributed by atoms with E-state index in [4.69, 9.17) is 14.2 Å². The molecule has 36 heavy (non-hydrogen) atoms. The van der Waals surface area contributed by atoms with E-state index in [0.29, 0.717) is 22.0 Å². The predicted octanol–water partition coefficient (Wildman–Crippen LogP) is 6.15. The highest BCUT2D eigenvalue weighted by Crippen LogP contribution is 2.35. The van der Waals surface area contributed by atoms with Crippen molar-refractivity contribution in [1.29, 1.82) is 0 Å². The van der Waals surface area contributed by atoms with Gasteiger partial charge >= 0.3 is 0 Å². The molecule has 0 saturated carbocycles. The number of rotatable bonds is 9. The quantitative estimate of drug-likeness (QED) is 0.324. The minimum Gasteiger partial charge on any atom is -0.493 e. The Hall–Kier alpha value is -3.78. The summed E-state index contributed by atoms with van der Waals surface area (Å²) in [4.78, 5) is 26.9. The molecule has 0 N–H and O–H groups in total. The van der Waals surface area contributed by atoms with Crippen molar-refractivity contribution in [1.82, 2.24) is 4.90 Å². The number of thioether (sulfide) groups is 1. The summed E-state index contributed by atoms with van der Waals surface area (Å²) in [5, 5.41) is -0.336. The molecule has 0 aliphatic carbocycles. The minimum atomic E-state index is -0.362. The fraction of sp³-hybridized carbons (Fsp3) is 0.214. The molecule has 0 radical (unpaired) electrons. The van der Waals surface area contributed by atoms with Gasteiger partial charge in [0.15, 0.2) is 11.5 Å². The number of nitrogens with zero attached hydrogens (tertiary/aromatic N) is 1. The lowest BCUT2D eigenvalue weighted by atomic mass is 10.1. The standard InChI is InChI=1S/C28H26FNO5S/c1-18-4-5-19(2)24(14-18)34-13-12-30-27(31)26(36-28(30)32)16-21-8-11-23(33-3)25(15-21)35-17-20-6-9-22(29)10-7-20/h4-11,14-16H,12-13,17H2,1-3H3/b26-16-. The zero-order chi connectivity index (χ0) is 25.7. The lowest BCUT2D eigenvalue weighted by Gasteiger charge is -2.14. The van der Waals surface area contributed by atoms with Crippen molar-refractivity contribution >= 4 is 29.0 Å². The van der Waals surface area contributed by atoms with Crippen LogP contribution in [0.4, 0.5) is 9.18 Å². The zero-order valence-electron chi connectivity index (χ0n) is 20.2. The van der Waals surface area contributed by atoms with Crippen LogP contribution in [0.25, 0.3) is 6.08 Å². The molecule has 1 heterocycles. The SMILES string of the molecule is COc1ccc(/C=C2\SC(=O)N(CCOc3cc(C)ccc3C)C2=O)cc1OCc1ccc(F)cc1. The molecule has 8 heteroatoms. The number of ether oxygens (including phenoxy) is 3. The van der Waals surface area contributed by atoms with E-state index in [-0.39, 0.29) is 36.7 Å². The molecule has 0 atom stereocenters. The third kappa shape index (κ3) is 6.07. The van der Waals surface area contributed by atoms with Gasteiger partial charge in [0, 0.05) is 0 Å². The molecule has 1 aliphatic heterocycles. The number of hydrogen-bond acceptors (Lipinski definition) is 6. The van der Waals surface area contributed by atoms with Crippen LogP contribution in [0.5, 0.6) is 17.2 Å². The van der Waals surface area contributed by atoms with Gasteiger partial charge in [0.05, 0.1) is 18.6 Å². The third-order valence-corrected chi connectivity index (χ3v) is 6.49. The number of benzene rings is 3. The first-order valence-electron chi connectivity index (χ1n) is 11.3. The monoisotopic (exact) mass is 507 g/mol. The third-order valence-electron chi connectivity index (χ3n) is 5.58. The molecule has 0 spiro atoms. The van der Waals surface area contributed by atoms with Crippen LogP contribution < -0.4 is 14.2 Å². The Kier molecular flexibility index (Phi) is 7.95. The number of carbonyl (C=O) groups excluding carboxylic acids is 2. The van der Waals surface area contributed by atoms with Crippen LogP contribution in [0.1, 0.15) is 22.3 Å². The fourth-order valence-electron chi connectivity index (χ4n) is 3.59. The molecular formula is C28H26FNO5S. The first-order chi connectivity index (χ1) is 17.3. The molecule has 3 aromatic rings. The summed E-state index contributed by atoms with van der Waals surface area (Å²) in [5.41, 5.74) is 3.55. The van der Waals surface area contributed by atoms with Gasteiger partial charge in [-0.05, 0) is 84.3 Å². The number of halogens is 1. The van der Waals surface area contributed by atoms with Gasteiger partial charge in [0.25, 0.3) is 11.1 Å². The Morgan fingerprint density at radius 3 is 2.44 bits per heavy atom. The lowest BCUT2D eigenvalue weighted by Crippen LogP contribution is -2.32. The summed E-state index contributed by atoms with van der Waals surface area (Å²) in [5.74, 6) is 1.05. The summed E-state index contributed by atoms with van der Waals surface area (Å²) < 4.78 is 30.2. The summed E-state index contributed by atoms with van der Waals surface area (Å²) >= 11 is 0.891. The molecule has 186 valence electrons. The molecule has 0 bridgehead atoms. The van der Waals surface area contributed by atoms with Gasteiger partial charge in [-0.25, -0.2) is 4.39 Å². The highest BCUT2D eigenvalue weighted by Gasteiger charge is 2.34. The largest absolute Gasteiger partial charge is 0.493 e. The van der Waals surface area contributed by atoms with Crippen LogP contribution >= 0.6 is 11.8 Å². The molecule has 1 aliphatic rings. The van der Waals surface area contributed by atoms with Crippen LogP contribution in [-0.4, -0.2) is 36.3 Å². The molecule has 6 nitrogen and oxygen atoms in total. The number of amides is 2. The Bertz CT molecular complexity index is 1310. The second-order valence-electron chi connectivity index (χ2n) is 8.28. The number of carbonyl (C=O) groups is 2. The van der Waals surface area contributed by atoms with Crippen molar-refractivity contribution < 1.29 is 28.2 Å². The fourth-order valence-corrected chi connectivity index (χ4v) is 4.46. The molecule has 1 saturated heterocycles. The average molecular weight is 508 g/mol. The summed E-state index contributed by atoms with van der Waals surface area (Å²) in [6.07, 6.45) is 1.65. The first kappa shape index (κ1) is 25.3. The topological polar surface area (TPSA) is 65.1 Å². The van der Waals surface area contributed by atoms with Gasteiger partial charge in [0.1, 0.15) is 24.8 Å². The van der Waals surface area contributed by atoms with Gasteiger partial charge in [0.2, 0.25) is 0 Å². The van der Waals surface area contributed by atoms with Gasteiger partial charge in [-0.2, -0.15) is 0 Å². The van der Waals surface area contributed by atoms with Crippen LogP contribution in [-0.2, 0) is 11.4 Å². The molecule has 2 amide bonds. The van der Waals surface area contributed by atoms with Crippen LogP contribution in [0.3, 0.4) is 0 Å². The molecule has 4 rings (SSSR count). The van der Waals surface area contributed by atoms with E-state index in [1.54, 1.807) is 36.4 Å². The second-order valence-corrected chi connectivity index (χ2v) is 9.27. The Balaban J connectivity index is 1.42. The first-order valence-corrected chi connectivity index (χ1v) is 12.2. The van der Waals surface area contributed by atoms with Crippen molar-refractivity contribution in [3.8, 4) is 17.2 Å². The van der Waals surface area contributed by atoms with Crippen molar-refractivity contribution in [2.45, 2.75) is 20.5 Å². The maximum atomic E-state index is 13.1. The van der Waals surface area contributed by atoms with E-state index < -0.39 is 0 Å². The van der Waals surface area contributed by atoms with E-state index in [2.05, 4.69) is 0 Å². The van der Waals surface area contributed by atoms with Crippen molar-refractivity contribution in [3.63, 3.8) is 0 Å². The smallest absolute Gasteiger partial charge is 0.293 e.